The van der Waals surface area contributed by atoms with Crippen molar-refractivity contribution in [2.24, 2.45) is 0 Å². The number of nitrogens with zero attached hydrogens (tertiary/aromatic N) is 8. The SMILES string of the molecule is N#Cc1ccc(-c2ccc3c(-n4c5cc6ccccc6cc5c5c(-c6ccc(-c7ccccc7-c7nc(-n8c9cc%10ccccc%10cc9c9c(-c%10ccc%11ccc%12ccccc%12c%11c%10)cccc98)c8cc(-c9ccc%10ccccc%10c9)c(-c9ccccc9)cc8n7)cc6)cccc54)nc(-c4ccc5c(c4)c4ccccc4n5-c4ccccc4)nc3c2)cc1. The smallest absolute Gasteiger partial charge is 0.162 e. The molecule has 0 N–H and O–H groups in total. The van der Waals surface area contributed by atoms with Gasteiger partial charge in [0.05, 0.1) is 55.8 Å². The van der Waals surface area contributed by atoms with Crippen molar-refractivity contribution in [2.45, 2.75) is 0 Å². The summed E-state index contributed by atoms with van der Waals surface area (Å²) in [6.07, 6.45) is 0. The topological polar surface area (TPSA) is 90.1 Å². The van der Waals surface area contributed by atoms with Crippen LogP contribution >= 0.6 is 0 Å². The molecule has 25 rings (SSSR count). The second-order valence-electron chi connectivity index (χ2n) is 32.3. The molecule has 568 valence electrons. The third-order valence-electron chi connectivity index (χ3n) is 25.4. The van der Waals surface area contributed by atoms with Gasteiger partial charge in [0.1, 0.15) is 11.6 Å². The lowest BCUT2D eigenvalue weighted by Gasteiger charge is -2.18. The Morgan fingerprint density at radius 2 is 0.642 bits per heavy atom. The van der Waals surface area contributed by atoms with Gasteiger partial charge in [-0.2, -0.15) is 5.26 Å². The molecule has 0 aliphatic heterocycles. The molecule has 0 aliphatic rings. The summed E-state index contributed by atoms with van der Waals surface area (Å²) in [5, 5.41) is 30.2. The van der Waals surface area contributed by atoms with Crippen LogP contribution in [-0.4, -0.2) is 33.6 Å². The van der Waals surface area contributed by atoms with Crippen LogP contribution < -0.4 is 0 Å². The van der Waals surface area contributed by atoms with Crippen molar-refractivity contribution in [3.63, 3.8) is 0 Å². The normalized spacial score (nSPS) is 11.9. The minimum atomic E-state index is 0.602. The summed E-state index contributed by atoms with van der Waals surface area (Å²) >= 11 is 0. The molecule has 0 aliphatic carbocycles. The lowest BCUT2D eigenvalue weighted by molar-refractivity contribution is 1.08. The summed E-state index contributed by atoms with van der Waals surface area (Å²) in [6, 6.07) is 152. The van der Waals surface area contributed by atoms with Crippen molar-refractivity contribution >= 4 is 141 Å². The van der Waals surface area contributed by atoms with Gasteiger partial charge >= 0.3 is 0 Å². The van der Waals surface area contributed by atoms with Crippen LogP contribution in [0.5, 0.6) is 0 Å². The Morgan fingerprint density at radius 3 is 1.33 bits per heavy atom. The van der Waals surface area contributed by atoms with Crippen LogP contribution in [0.2, 0.25) is 0 Å². The van der Waals surface area contributed by atoms with Crippen LogP contribution in [0, 0.1) is 11.3 Å². The Labute approximate surface area is 706 Å². The first-order valence-corrected chi connectivity index (χ1v) is 41.8. The highest BCUT2D eigenvalue weighted by molar-refractivity contribution is 6.22. The van der Waals surface area contributed by atoms with E-state index in [0.717, 1.165) is 204 Å². The number of rotatable bonds is 11. The molecule has 123 heavy (non-hydrogen) atoms. The Hall–Kier alpha value is -16.7. The average Bonchev–Trinajstić information content (AvgIpc) is 1.55. The summed E-state index contributed by atoms with van der Waals surface area (Å²) in [4.78, 5) is 23.2. The summed E-state index contributed by atoms with van der Waals surface area (Å²) < 4.78 is 7.15. The first-order chi connectivity index (χ1) is 60.9. The quantitative estimate of drug-likeness (QED) is 0.120. The number of para-hydroxylation sites is 2. The Kier molecular flexibility index (Phi) is 15.6. The first-order valence-electron chi connectivity index (χ1n) is 41.8. The summed E-state index contributed by atoms with van der Waals surface area (Å²) in [5.74, 6) is 2.75. The fraction of sp³-hybridized carbons (Fsp3) is 0. The second-order valence-corrected chi connectivity index (χ2v) is 32.3. The van der Waals surface area contributed by atoms with E-state index in [1.165, 1.54) is 32.3 Å². The third kappa shape index (κ3) is 11.2. The Morgan fingerprint density at radius 1 is 0.195 bits per heavy atom. The molecular weight excluding hydrogens is 1490 g/mol. The number of nitriles is 1. The molecular formula is C115H68N8. The van der Waals surface area contributed by atoms with Crippen molar-refractivity contribution < 1.29 is 0 Å². The molecule has 25 aromatic rings. The Balaban J connectivity index is 0.680. The third-order valence-corrected chi connectivity index (χ3v) is 25.4. The zero-order chi connectivity index (χ0) is 80.9. The van der Waals surface area contributed by atoms with Gasteiger partial charge < -0.3 is 4.57 Å². The molecule has 0 saturated heterocycles. The van der Waals surface area contributed by atoms with E-state index in [9.17, 15) is 5.26 Å². The monoisotopic (exact) mass is 1560 g/mol. The van der Waals surface area contributed by atoms with E-state index in [1.54, 1.807) is 0 Å². The zero-order valence-corrected chi connectivity index (χ0v) is 66.3. The minimum Gasteiger partial charge on any atom is -0.309 e. The molecule has 5 heterocycles. The van der Waals surface area contributed by atoms with E-state index >= 15 is 0 Å². The molecule has 0 saturated carbocycles. The molecule has 0 bridgehead atoms. The van der Waals surface area contributed by atoms with Crippen LogP contribution in [0.25, 0.3) is 248 Å². The molecule has 0 atom stereocenters. The summed E-state index contributed by atoms with van der Waals surface area (Å²) in [5.41, 5.74) is 24.2. The zero-order valence-electron chi connectivity index (χ0n) is 66.3. The highest BCUT2D eigenvalue weighted by Gasteiger charge is 2.27. The molecule has 0 unspecified atom stereocenters. The van der Waals surface area contributed by atoms with Crippen molar-refractivity contribution in [1.82, 2.24) is 33.6 Å². The van der Waals surface area contributed by atoms with Gasteiger partial charge in [-0.3, -0.25) is 9.13 Å². The van der Waals surface area contributed by atoms with E-state index in [4.69, 9.17) is 19.9 Å². The summed E-state index contributed by atoms with van der Waals surface area (Å²) in [6.45, 7) is 0. The molecule has 0 radical (unpaired) electrons. The standard InChI is InChI=1S/C115H68N8/c116-69-70-41-43-72(44-42-70)83-55-57-94-102(64-83)117-112(86-56-58-105-98(63-86)92-34-17-18-38-104(92)121(105)87-30-5-2-6-31-87)119-114(94)122-106-39-19-36-90(110(106)100-60-79-26-9-11-28-81(79)65-108(100)122)76-49-47-75(48-50-76)88-32-15-16-35-93(88)113-118-103-68-97(73-22-3-1-4-23-73)96(84-53-45-71-21-7-8-25-78(71)59-84)67-99(103)115(120-113)123-107-40-20-37-91(111(107)101-61-80-27-10-12-29-82(80)66-109(101)123)85-54-52-77-51-46-74-24-13-14-33-89(74)95(77)62-85/h1-68H. The van der Waals surface area contributed by atoms with Gasteiger partial charge in [-0.1, -0.05) is 291 Å². The average molecular weight is 1560 g/mol. The van der Waals surface area contributed by atoms with Crippen molar-refractivity contribution in [3.8, 4) is 113 Å². The number of aromatic nitrogens is 7. The number of fused-ring (bicyclic) bond motifs is 17. The van der Waals surface area contributed by atoms with Gasteiger partial charge in [0.2, 0.25) is 0 Å². The molecule has 5 aromatic heterocycles. The largest absolute Gasteiger partial charge is 0.309 e. The van der Waals surface area contributed by atoms with Crippen LogP contribution in [0.4, 0.5) is 0 Å². The molecule has 20 aromatic carbocycles. The maximum absolute atomic E-state index is 9.85. The van der Waals surface area contributed by atoms with E-state index in [2.05, 4.69) is 408 Å². The van der Waals surface area contributed by atoms with Gasteiger partial charge in [-0.15, -0.1) is 0 Å². The fourth-order valence-electron chi connectivity index (χ4n) is 19.6. The minimum absolute atomic E-state index is 0.602. The maximum atomic E-state index is 9.85. The molecule has 8 nitrogen and oxygen atoms in total. The van der Waals surface area contributed by atoms with Gasteiger partial charge in [0.15, 0.2) is 11.6 Å². The van der Waals surface area contributed by atoms with E-state index in [-0.39, 0.29) is 0 Å². The number of hydrogen-bond acceptors (Lipinski definition) is 5. The van der Waals surface area contributed by atoms with Crippen LogP contribution in [-0.2, 0) is 0 Å². The predicted molar refractivity (Wildman–Crippen MR) is 511 cm³/mol. The molecule has 0 spiro atoms. The predicted octanol–water partition coefficient (Wildman–Crippen LogP) is 29.8. The van der Waals surface area contributed by atoms with Crippen LogP contribution in [0.15, 0.2) is 413 Å². The van der Waals surface area contributed by atoms with Crippen molar-refractivity contribution in [3.05, 3.63) is 418 Å². The molecule has 0 fully saturated rings. The van der Waals surface area contributed by atoms with E-state index in [0.29, 0.717) is 17.2 Å². The highest BCUT2D eigenvalue weighted by Crippen LogP contribution is 2.48. The molecule has 8 heteroatoms. The Bertz CT molecular complexity index is 8810. The van der Waals surface area contributed by atoms with E-state index < -0.39 is 0 Å². The highest BCUT2D eigenvalue weighted by atomic mass is 15.1. The van der Waals surface area contributed by atoms with E-state index in [1.807, 2.05) is 24.3 Å². The second kappa shape index (κ2) is 27.7. The first kappa shape index (κ1) is 69.4. The number of hydrogen-bond donors (Lipinski definition) is 0. The maximum Gasteiger partial charge on any atom is 0.162 e. The van der Waals surface area contributed by atoms with Gasteiger partial charge in [0.25, 0.3) is 0 Å². The van der Waals surface area contributed by atoms with Crippen LogP contribution in [0.1, 0.15) is 5.56 Å². The van der Waals surface area contributed by atoms with Crippen molar-refractivity contribution in [1.29, 1.82) is 5.26 Å². The summed E-state index contributed by atoms with van der Waals surface area (Å²) in [7, 11) is 0. The lowest BCUT2D eigenvalue weighted by Crippen LogP contribution is -2.04. The fourth-order valence-corrected chi connectivity index (χ4v) is 19.6. The van der Waals surface area contributed by atoms with Gasteiger partial charge in [0, 0.05) is 59.9 Å². The van der Waals surface area contributed by atoms with Gasteiger partial charge in [-0.25, -0.2) is 19.9 Å². The lowest BCUT2D eigenvalue weighted by atomic mass is 9.91. The van der Waals surface area contributed by atoms with Crippen LogP contribution in [0.3, 0.4) is 0 Å². The number of benzene rings is 20. The molecule has 0 amide bonds. The van der Waals surface area contributed by atoms with Crippen molar-refractivity contribution in [2.75, 3.05) is 0 Å². The van der Waals surface area contributed by atoms with Gasteiger partial charge in [-0.05, 0) is 242 Å².